The molecule has 0 radical (unpaired) electrons. The van der Waals surface area contributed by atoms with E-state index in [1.807, 2.05) is 25.1 Å². The molecule has 0 aliphatic rings. The lowest BCUT2D eigenvalue weighted by atomic mass is 10.1. The molecular weight excluding hydrogens is 337 g/mol. The first kappa shape index (κ1) is 11.8. The molecule has 0 aliphatic heterocycles. The van der Waals surface area contributed by atoms with Crippen molar-refractivity contribution in [2.24, 2.45) is 0 Å². The second-order valence-electron chi connectivity index (χ2n) is 3.14. The van der Waals surface area contributed by atoms with Gasteiger partial charge in [0.15, 0.2) is 0 Å². The Morgan fingerprint density at radius 3 is 3.06 bits per heavy atom. The van der Waals surface area contributed by atoms with E-state index >= 15 is 0 Å². The van der Waals surface area contributed by atoms with E-state index in [2.05, 4.69) is 39.0 Å². The van der Waals surface area contributed by atoms with Crippen LogP contribution in [-0.2, 0) is 0 Å². The Labute approximate surface area is 108 Å². The summed E-state index contributed by atoms with van der Waals surface area (Å²) >= 11 is 2.18. The Kier molecular flexibility index (Phi) is 3.78. The maximum atomic E-state index is 13.7. The summed E-state index contributed by atoms with van der Waals surface area (Å²) in [7, 11) is 0. The van der Waals surface area contributed by atoms with Crippen molar-refractivity contribution >= 4 is 39.3 Å². The maximum absolute atomic E-state index is 13.7. The Morgan fingerprint density at radius 2 is 2.38 bits per heavy atom. The van der Waals surface area contributed by atoms with Gasteiger partial charge in [-0.05, 0) is 34.2 Å². The zero-order valence-electron chi connectivity index (χ0n) is 8.59. The number of aromatic nitrogens is 2. The summed E-state index contributed by atoms with van der Waals surface area (Å²) in [5, 5.41) is 4.40. The minimum atomic E-state index is -0.430. The fourth-order valence-corrected chi connectivity index (χ4v) is 2.98. The highest BCUT2D eigenvalue weighted by molar-refractivity contribution is 14.2. The molecule has 2 aromatic rings. The topological polar surface area (TPSA) is 17.8 Å². The highest BCUT2D eigenvalue weighted by Crippen LogP contribution is 2.31. The molecule has 0 amide bonds. The number of fused-ring (bicyclic) bond motifs is 1. The van der Waals surface area contributed by atoms with Gasteiger partial charge in [0.25, 0.3) is 0 Å². The number of nitrogens with zero attached hydrogens (tertiary/aromatic N) is 2. The molecule has 0 fully saturated rings. The number of hydrogen-bond donors (Lipinski definition) is 0. The third-order valence-electron chi connectivity index (χ3n) is 2.14. The highest BCUT2D eigenvalue weighted by atomic mass is 127. The summed E-state index contributed by atoms with van der Waals surface area (Å²) in [6, 6.07) is 5.58. The molecule has 5 heteroatoms. The van der Waals surface area contributed by atoms with Gasteiger partial charge < -0.3 is 0 Å². The lowest BCUT2D eigenvalue weighted by molar-refractivity contribution is 0.583. The molecule has 16 heavy (non-hydrogen) atoms. The average molecular weight is 346 g/mol. The van der Waals surface area contributed by atoms with Crippen molar-refractivity contribution in [3.8, 4) is 11.8 Å². The van der Waals surface area contributed by atoms with Crippen molar-refractivity contribution in [2.75, 3.05) is 0 Å². The van der Waals surface area contributed by atoms with Gasteiger partial charge in [-0.15, -0.1) is 5.10 Å². The van der Waals surface area contributed by atoms with Gasteiger partial charge in [-0.2, -0.15) is 4.39 Å². The number of benzene rings is 1. The molecule has 0 aliphatic carbocycles. The van der Waals surface area contributed by atoms with E-state index < -0.39 is 5.95 Å². The second-order valence-corrected chi connectivity index (χ2v) is 5.18. The average Bonchev–Trinajstić information content (AvgIpc) is 2.64. The van der Waals surface area contributed by atoms with E-state index in [0.717, 1.165) is 17.5 Å². The van der Waals surface area contributed by atoms with Crippen LogP contribution >= 0.6 is 28.4 Å². The molecule has 1 aromatic heterocycles. The lowest BCUT2D eigenvalue weighted by Crippen LogP contribution is -1.82. The zero-order chi connectivity index (χ0) is 11.5. The van der Waals surface area contributed by atoms with Crippen molar-refractivity contribution in [3.63, 3.8) is 0 Å². The van der Waals surface area contributed by atoms with Crippen molar-refractivity contribution < 1.29 is 4.39 Å². The van der Waals surface area contributed by atoms with Gasteiger partial charge in [-0.25, -0.2) is 4.45 Å². The zero-order valence-corrected chi connectivity index (χ0v) is 11.7. The SMILES string of the molecule is CCC#Cc1cccc2c1c(F)nn2PI. The lowest BCUT2D eigenvalue weighted by Gasteiger charge is -1.96. The predicted octanol–water partition coefficient (Wildman–Crippen LogP) is 3.73. The highest BCUT2D eigenvalue weighted by Gasteiger charge is 2.12. The molecule has 0 saturated carbocycles. The minimum absolute atomic E-state index is 0.391. The van der Waals surface area contributed by atoms with E-state index in [1.165, 1.54) is 0 Å². The summed E-state index contributed by atoms with van der Waals surface area (Å²) in [4.78, 5) is 0. The van der Waals surface area contributed by atoms with E-state index in [0.29, 0.717) is 11.8 Å². The number of rotatable bonds is 1. The van der Waals surface area contributed by atoms with Gasteiger partial charge in [-0.3, -0.25) is 0 Å². The molecule has 2 rings (SSSR count). The van der Waals surface area contributed by atoms with Crippen LogP contribution in [0, 0.1) is 17.8 Å². The Bertz CT molecular complexity index is 583. The first-order valence-corrected chi connectivity index (χ1v) is 8.86. The summed E-state index contributed by atoms with van der Waals surface area (Å²) in [6.07, 6.45) is 1.15. The standard InChI is InChI=1S/C11H9FIN2P/c1-2-3-5-8-6-4-7-9-10(8)11(12)14-15(9)16-13/h4,6-7,16H,2H2,1H3. The summed E-state index contributed by atoms with van der Waals surface area (Å²) in [6.45, 7) is 1.97. The molecule has 0 saturated heterocycles. The summed E-state index contributed by atoms with van der Waals surface area (Å²) < 4.78 is 15.4. The minimum Gasteiger partial charge on any atom is -0.234 e. The van der Waals surface area contributed by atoms with Gasteiger partial charge in [0.1, 0.15) is 0 Å². The Balaban J connectivity index is 2.72. The van der Waals surface area contributed by atoms with E-state index in [4.69, 9.17) is 0 Å². The van der Waals surface area contributed by atoms with Gasteiger partial charge in [0, 0.05) is 12.0 Å². The van der Waals surface area contributed by atoms with Crippen LogP contribution in [-0.4, -0.2) is 9.55 Å². The smallest absolute Gasteiger partial charge is 0.234 e. The van der Waals surface area contributed by atoms with Crippen LogP contribution in [0.1, 0.15) is 18.9 Å². The third kappa shape index (κ3) is 2.07. The van der Waals surface area contributed by atoms with Gasteiger partial charge >= 0.3 is 0 Å². The quantitative estimate of drug-likeness (QED) is 0.437. The van der Waals surface area contributed by atoms with Crippen molar-refractivity contribution in [3.05, 3.63) is 29.7 Å². The molecule has 1 unspecified atom stereocenters. The molecule has 1 aromatic carbocycles. The molecule has 0 N–H and O–H groups in total. The normalized spacial score (nSPS) is 10.9. The maximum Gasteiger partial charge on any atom is 0.242 e. The van der Waals surface area contributed by atoms with E-state index in [-0.39, 0.29) is 0 Å². The van der Waals surface area contributed by atoms with Gasteiger partial charge in [0.05, 0.1) is 17.3 Å². The second kappa shape index (κ2) is 5.11. The van der Waals surface area contributed by atoms with E-state index in [1.54, 1.807) is 4.45 Å². The fraction of sp³-hybridized carbons (Fsp3) is 0.182. The van der Waals surface area contributed by atoms with Crippen molar-refractivity contribution in [2.45, 2.75) is 13.3 Å². The van der Waals surface area contributed by atoms with Crippen molar-refractivity contribution in [1.29, 1.82) is 0 Å². The molecule has 82 valence electrons. The first-order chi connectivity index (χ1) is 7.77. The van der Waals surface area contributed by atoms with E-state index in [9.17, 15) is 4.39 Å². The summed E-state index contributed by atoms with van der Waals surface area (Å²) in [5.41, 5.74) is 1.53. The molecule has 0 spiro atoms. The molecule has 1 heterocycles. The Hall–Kier alpha value is -0.660. The first-order valence-electron chi connectivity index (χ1n) is 4.80. The van der Waals surface area contributed by atoms with Crippen LogP contribution in [0.2, 0.25) is 0 Å². The van der Waals surface area contributed by atoms with Crippen LogP contribution in [0.15, 0.2) is 18.2 Å². The van der Waals surface area contributed by atoms with Crippen LogP contribution in [0.3, 0.4) is 0 Å². The number of halogens is 2. The van der Waals surface area contributed by atoms with Crippen LogP contribution in [0.4, 0.5) is 4.39 Å². The molecule has 1 atom stereocenters. The molecular formula is C11H9FIN2P. The van der Waals surface area contributed by atoms with Crippen LogP contribution in [0.5, 0.6) is 0 Å². The largest absolute Gasteiger partial charge is 0.242 e. The number of hydrogen-bond acceptors (Lipinski definition) is 1. The molecule has 2 nitrogen and oxygen atoms in total. The van der Waals surface area contributed by atoms with Crippen LogP contribution in [0.25, 0.3) is 10.9 Å². The predicted molar refractivity (Wildman–Crippen MR) is 74.6 cm³/mol. The molecule has 0 bridgehead atoms. The van der Waals surface area contributed by atoms with Crippen molar-refractivity contribution in [1.82, 2.24) is 9.55 Å². The fourth-order valence-electron chi connectivity index (χ4n) is 1.48. The van der Waals surface area contributed by atoms with Gasteiger partial charge in [-0.1, -0.05) is 24.8 Å². The van der Waals surface area contributed by atoms with Gasteiger partial charge in [0.2, 0.25) is 5.95 Å². The Morgan fingerprint density at radius 1 is 1.56 bits per heavy atom. The third-order valence-corrected chi connectivity index (χ3v) is 4.02. The monoisotopic (exact) mass is 346 g/mol. The van der Waals surface area contributed by atoms with Crippen LogP contribution < -0.4 is 0 Å². The summed E-state index contributed by atoms with van der Waals surface area (Å²) in [5.74, 6) is 5.50.